The second-order valence-electron chi connectivity index (χ2n) is 4.81. The first kappa shape index (κ1) is 13.3. The van der Waals surface area contributed by atoms with Crippen molar-refractivity contribution in [2.24, 2.45) is 11.8 Å². The van der Waals surface area contributed by atoms with Crippen molar-refractivity contribution in [2.45, 2.75) is 6.92 Å². The fraction of sp³-hybridized carbons (Fsp3) is 0.462. The normalized spacial score (nSPS) is 22.3. The minimum atomic E-state index is -0.768. The molecule has 0 radical (unpaired) electrons. The summed E-state index contributed by atoms with van der Waals surface area (Å²) in [5, 5.41) is 11.6. The number of carboxylic acids is 1. The summed E-state index contributed by atoms with van der Waals surface area (Å²) >= 11 is 0. The number of hydrogen-bond acceptors (Lipinski definition) is 4. The Hall–Kier alpha value is -2.11. The van der Waals surface area contributed by atoms with Crippen molar-refractivity contribution in [3.05, 3.63) is 24.0 Å². The predicted molar refractivity (Wildman–Crippen MR) is 70.1 cm³/mol. The van der Waals surface area contributed by atoms with Gasteiger partial charge in [0.1, 0.15) is 5.69 Å². The molecule has 0 saturated carbocycles. The fourth-order valence-corrected chi connectivity index (χ4v) is 2.37. The third kappa shape index (κ3) is 2.67. The average Bonchev–Trinajstić information content (AvgIpc) is 2.80. The predicted octanol–water partition coefficient (Wildman–Crippen LogP) is 0.598. The van der Waals surface area contributed by atoms with Crippen LogP contribution in [-0.4, -0.2) is 42.1 Å². The number of anilines is 1. The van der Waals surface area contributed by atoms with Crippen LogP contribution in [0.15, 0.2) is 18.3 Å². The Morgan fingerprint density at radius 1 is 1.47 bits per heavy atom. The van der Waals surface area contributed by atoms with E-state index in [0.29, 0.717) is 18.8 Å². The molecule has 19 heavy (non-hydrogen) atoms. The number of aliphatic carboxylic acids is 1. The van der Waals surface area contributed by atoms with Gasteiger partial charge in [0.05, 0.1) is 5.92 Å². The van der Waals surface area contributed by atoms with Crippen molar-refractivity contribution in [1.29, 1.82) is 0 Å². The Kier molecular flexibility index (Phi) is 3.69. The van der Waals surface area contributed by atoms with E-state index in [1.165, 1.54) is 0 Å². The highest BCUT2D eigenvalue weighted by Gasteiger charge is 2.34. The Morgan fingerprint density at radius 3 is 2.79 bits per heavy atom. The standard InChI is InChI=1S/C13H17N3O3/c1-8-6-16(7-10(8)13(18)19)9-3-4-15-11(5-9)12(17)14-2/h3-5,8,10H,6-7H2,1-2H3,(H,14,17)(H,18,19)/t8-,10-/m1/s1. The van der Waals surface area contributed by atoms with Crippen molar-refractivity contribution in [1.82, 2.24) is 10.3 Å². The lowest BCUT2D eigenvalue weighted by molar-refractivity contribution is -0.142. The van der Waals surface area contributed by atoms with Gasteiger partial charge in [-0.2, -0.15) is 0 Å². The largest absolute Gasteiger partial charge is 0.481 e. The highest BCUT2D eigenvalue weighted by Crippen LogP contribution is 2.28. The smallest absolute Gasteiger partial charge is 0.308 e. The number of nitrogens with one attached hydrogen (secondary N) is 1. The van der Waals surface area contributed by atoms with Gasteiger partial charge in [0, 0.05) is 32.0 Å². The van der Waals surface area contributed by atoms with Crippen LogP contribution >= 0.6 is 0 Å². The number of hydrogen-bond donors (Lipinski definition) is 2. The van der Waals surface area contributed by atoms with E-state index < -0.39 is 5.97 Å². The lowest BCUT2D eigenvalue weighted by Crippen LogP contribution is -2.24. The average molecular weight is 263 g/mol. The number of pyridine rings is 1. The van der Waals surface area contributed by atoms with Crippen LogP contribution in [0.2, 0.25) is 0 Å². The number of carbonyl (C=O) groups is 2. The van der Waals surface area contributed by atoms with Crippen LogP contribution in [0.3, 0.4) is 0 Å². The molecule has 0 spiro atoms. The number of amides is 1. The molecule has 2 heterocycles. The molecule has 0 aliphatic carbocycles. The van der Waals surface area contributed by atoms with Crippen LogP contribution in [0.1, 0.15) is 17.4 Å². The molecule has 102 valence electrons. The van der Waals surface area contributed by atoms with Gasteiger partial charge in [-0.1, -0.05) is 6.92 Å². The zero-order valence-electron chi connectivity index (χ0n) is 11.0. The maximum atomic E-state index is 11.5. The van der Waals surface area contributed by atoms with E-state index in [-0.39, 0.29) is 17.7 Å². The van der Waals surface area contributed by atoms with Crippen molar-refractivity contribution in [2.75, 3.05) is 25.0 Å². The first-order valence-corrected chi connectivity index (χ1v) is 6.18. The summed E-state index contributed by atoms with van der Waals surface area (Å²) in [6.45, 7) is 3.07. The number of nitrogens with zero attached hydrogens (tertiary/aromatic N) is 2. The number of carbonyl (C=O) groups excluding carboxylic acids is 1. The minimum Gasteiger partial charge on any atom is -0.481 e. The molecule has 1 aliphatic rings. The second kappa shape index (κ2) is 5.26. The van der Waals surface area contributed by atoms with Crippen LogP contribution in [0.25, 0.3) is 0 Å². The SMILES string of the molecule is CNC(=O)c1cc(N2C[C@@H](C)[C@H](C(=O)O)C2)ccn1. The van der Waals surface area contributed by atoms with Crippen LogP contribution in [0.5, 0.6) is 0 Å². The van der Waals surface area contributed by atoms with Crippen LogP contribution in [0.4, 0.5) is 5.69 Å². The van der Waals surface area contributed by atoms with Crippen LogP contribution in [0, 0.1) is 11.8 Å². The van der Waals surface area contributed by atoms with Crippen molar-refractivity contribution in [3.8, 4) is 0 Å². The molecule has 1 saturated heterocycles. The van der Waals surface area contributed by atoms with E-state index in [1.807, 2.05) is 11.8 Å². The van der Waals surface area contributed by atoms with Gasteiger partial charge in [-0.15, -0.1) is 0 Å². The van der Waals surface area contributed by atoms with Gasteiger partial charge in [0.2, 0.25) is 0 Å². The molecule has 1 aromatic rings. The van der Waals surface area contributed by atoms with E-state index in [2.05, 4.69) is 10.3 Å². The summed E-state index contributed by atoms with van der Waals surface area (Å²) in [7, 11) is 1.55. The summed E-state index contributed by atoms with van der Waals surface area (Å²) in [5.74, 6) is -1.29. The monoisotopic (exact) mass is 263 g/mol. The lowest BCUT2D eigenvalue weighted by atomic mass is 9.99. The molecule has 2 rings (SSSR count). The van der Waals surface area contributed by atoms with Crippen molar-refractivity contribution < 1.29 is 14.7 Å². The Balaban J connectivity index is 2.19. The summed E-state index contributed by atoms with van der Waals surface area (Å²) in [5.41, 5.74) is 1.18. The van der Waals surface area contributed by atoms with Crippen LogP contribution < -0.4 is 10.2 Å². The van der Waals surface area contributed by atoms with Crippen LogP contribution in [-0.2, 0) is 4.79 Å². The fourth-order valence-electron chi connectivity index (χ4n) is 2.37. The highest BCUT2D eigenvalue weighted by atomic mass is 16.4. The molecule has 0 bridgehead atoms. The summed E-state index contributed by atoms with van der Waals surface area (Å²) < 4.78 is 0. The molecule has 0 unspecified atom stereocenters. The molecule has 6 nitrogen and oxygen atoms in total. The highest BCUT2D eigenvalue weighted by molar-refractivity contribution is 5.92. The van der Waals surface area contributed by atoms with Crippen molar-refractivity contribution >= 4 is 17.6 Å². The topological polar surface area (TPSA) is 82.5 Å². The number of carboxylic acid groups (broad SMARTS) is 1. The third-order valence-electron chi connectivity index (χ3n) is 3.50. The maximum Gasteiger partial charge on any atom is 0.308 e. The van der Waals surface area contributed by atoms with E-state index in [9.17, 15) is 9.59 Å². The molecule has 0 aromatic carbocycles. The van der Waals surface area contributed by atoms with Gasteiger partial charge in [-0.05, 0) is 18.1 Å². The quantitative estimate of drug-likeness (QED) is 0.834. The summed E-state index contributed by atoms with van der Waals surface area (Å²) in [6.07, 6.45) is 1.57. The number of rotatable bonds is 3. The van der Waals surface area contributed by atoms with Gasteiger partial charge in [-0.25, -0.2) is 0 Å². The first-order chi connectivity index (χ1) is 9.02. The van der Waals surface area contributed by atoms with Gasteiger partial charge < -0.3 is 15.3 Å². The van der Waals surface area contributed by atoms with E-state index in [4.69, 9.17) is 5.11 Å². The van der Waals surface area contributed by atoms with Gasteiger partial charge in [-0.3, -0.25) is 14.6 Å². The molecule has 1 aromatic heterocycles. The molecule has 1 fully saturated rings. The lowest BCUT2D eigenvalue weighted by Gasteiger charge is -2.18. The first-order valence-electron chi connectivity index (χ1n) is 6.18. The van der Waals surface area contributed by atoms with E-state index in [0.717, 1.165) is 5.69 Å². The zero-order valence-corrected chi connectivity index (χ0v) is 11.0. The zero-order chi connectivity index (χ0) is 14.0. The van der Waals surface area contributed by atoms with E-state index in [1.54, 1.807) is 25.4 Å². The molecule has 6 heteroatoms. The van der Waals surface area contributed by atoms with E-state index >= 15 is 0 Å². The van der Waals surface area contributed by atoms with Gasteiger partial charge >= 0.3 is 5.97 Å². The number of aromatic nitrogens is 1. The Morgan fingerprint density at radius 2 is 2.21 bits per heavy atom. The molecular weight excluding hydrogens is 246 g/mol. The Labute approximate surface area is 111 Å². The minimum absolute atomic E-state index is 0.0918. The van der Waals surface area contributed by atoms with Gasteiger partial charge in [0.25, 0.3) is 5.91 Å². The molecular formula is C13H17N3O3. The molecule has 1 aliphatic heterocycles. The van der Waals surface area contributed by atoms with Crippen molar-refractivity contribution in [3.63, 3.8) is 0 Å². The molecule has 1 amide bonds. The summed E-state index contributed by atoms with van der Waals surface area (Å²) in [4.78, 5) is 28.6. The second-order valence-corrected chi connectivity index (χ2v) is 4.81. The molecule has 2 N–H and O–H groups in total. The molecule has 2 atom stereocenters. The third-order valence-corrected chi connectivity index (χ3v) is 3.50. The Bertz CT molecular complexity index is 504. The summed E-state index contributed by atoms with van der Waals surface area (Å²) in [6, 6.07) is 3.49. The van der Waals surface area contributed by atoms with Gasteiger partial charge in [0.15, 0.2) is 0 Å². The maximum absolute atomic E-state index is 11.5.